The Hall–Kier alpha value is -1.03. The molecule has 8 heteroatoms. The number of carbonyl (C=O) groups excluding carboxylic acids is 1. The van der Waals surface area contributed by atoms with Crippen LogP contribution in [-0.2, 0) is 19.0 Å². The maximum absolute atomic E-state index is 12.7. The molecular weight excluding hydrogens is 560 g/mol. The Labute approximate surface area is 263 Å². The third-order valence-corrected chi connectivity index (χ3v) is 15.0. The minimum Gasteiger partial charge on any atom is -0.459 e. The summed E-state index contributed by atoms with van der Waals surface area (Å²) in [5, 5.41) is 43.5. The first-order chi connectivity index (χ1) is 20.4. The number of hydrogen-bond acceptors (Lipinski definition) is 8. The molecule has 14 atom stereocenters. The molecule has 0 bridgehead atoms. The minimum absolute atomic E-state index is 0.0507. The number of aliphatic hydroxyl groups is 4. The predicted molar refractivity (Wildman–Crippen MR) is 165 cm³/mol. The molecule has 5 aliphatic carbocycles. The molecule has 5 saturated carbocycles. The molecule has 0 aromatic rings. The highest BCUT2D eigenvalue weighted by molar-refractivity contribution is 5.82. The van der Waals surface area contributed by atoms with Crippen LogP contribution in [0.5, 0.6) is 0 Å². The summed E-state index contributed by atoms with van der Waals surface area (Å²) in [5.74, 6) is 0.834. The Morgan fingerprint density at radius 3 is 2.41 bits per heavy atom. The van der Waals surface area contributed by atoms with Crippen LogP contribution in [-0.4, -0.2) is 76.4 Å². The number of fused-ring (bicyclic) bond motifs is 3. The minimum atomic E-state index is -1.64. The van der Waals surface area contributed by atoms with Crippen LogP contribution < -0.4 is 0 Å². The molecule has 250 valence electrons. The molecule has 1 saturated heterocycles. The van der Waals surface area contributed by atoms with Crippen LogP contribution in [0.1, 0.15) is 106 Å². The lowest BCUT2D eigenvalue weighted by Gasteiger charge is -2.68. The van der Waals surface area contributed by atoms with Crippen molar-refractivity contribution in [2.24, 2.45) is 50.7 Å². The average Bonchev–Trinajstić information content (AvgIpc) is 3.27. The molecule has 0 amide bonds. The molecule has 1 unspecified atom stereocenters. The SMILES string of the molecule is CO[C@@H]1O[C@@H]([C@H](O)C(C)(O)CO)C[C@H]1[C@@H]1CC[C@]23C[C@]12CC[C@@H]1[C@@]2(C)CC[C@H](OC(=O)C=C(C)C)C(C)(C)[C@@H]2C[C@@H](O)[C@]13C. The molecule has 0 aromatic carbocycles. The molecule has 0 radical (unpaired) electrons. The lowest BCUT2D eigenvalue weighted by molar-refractivity contribution is -0.245. The Bertz CT molecular complexity index is 1180. The summed E-state index contributed by atoms with van der Waals surface area (Å²) in [6.45, 7) is 14.1. The van der Waals surface area contributed by atoms with Gasteiger partial charge in [0.05, 0.1) is 18.8 Å². The average molecular weight is 619 g/mol. The van der Waals surface area contributed by atoms with E-state index in [1.807, 2.05) is 13.8 Å². The normalized spacial score (nSPS) is 50.7. The van der Waals surface area contributed by atoms with Crippen LogP contribution >= 0.6 is 0 Å². The van der Waals surface area contributed by atoms with Crippen molar-refractivity contribution in [3.8, 4) is 0 Å². The van der Waals surface area contributed by atoms with Crippen LogP contribution in [0.25, 0.3) is 0 Å². The van der Waals surface area contributed by atoms with Gasteiger partial charge in [-0.15, -0.1) is 0 Å². The highest BCUT2D eigenvalue weighted by atomic mass is 16.7. The summed E-state index contributed by atoms with van der Waals surface area (Å²) >= 11 is 0. The molecule has 6 rings (SSSR count). The van der Waals surface area contributed by atoms with Gasteiger partial charge in [-0.2, -0.15) is 0 Å². The van der Waals surface area contributed by atoms with Gasteiger partial charge in [-0.25, -0.2) is 4.79 Å². The zero-order valence-corrected chi connectivity index (χ0v) is 28.3. The molecule has 44 heavy (non-hydrogen) atoms. The first-order valence-corrected chi connectivity index (χ1v) is 17.2. The van der Waals surface area contributed by atoms with Gasteiger partial charge in [-0.3, -0.25) is 0 Å². The monoisotopic (exact) mass is 618 g/mol. The van der Waals surface area contributed by atoms with Crippen molar-refractivity contribution in [1.29, 1.82) is 0 Å². The first-order valence-electron chi connectivity index (χ1n) is 17.2. The number of carbonyl (C=O) groups is 1. The van der Waals surface area contributed by atoms with E-state index in [4.69, 9.17) is 14.2 Å². The second kappa shape index (κ2) is 10.5. The highest BCUT2D eigenvalue weighted by Gasteiger charge is 2.86. The molecular formula is C36H58O8. The van der Waals surface area contributed by atoms with Crippen LogP contribution in [0.15, 0.2) is 11.6 Å². The Kier molecular flexibility index (Phi) is 7.84. The van der Waals surface area contributed by atoms with Crippen molar-refractivity contribution in [2.75, 3.05) is 13.7 Å². The van der Waals surface area contributed by atoms with E-state index < -0.39 is 36.8 Å². The topological polar surface area (TPSA) is 126 Å². The fourth-order valence-electron chi connectivity index (χ4n) is 12.9. The van der Waals surface area contributed by atoms with Crippen molar-refractivity contribution >= 4 is 5.97 Å². The number of rotatable bonds is 7. The van der Waals surface area contributed by atoms with E-state index in [2.05, 4.69) is 27.7 Å². The molecule has 6 aliphatic rings. The fraction of sp³-hybridized carbons (Fsp3) is 0.917. The van der Waals surface area contributed by atoms with Gasteiger partial charge in [0, 0.05) is 29.9 Å². The Balaban J connectivity index is 1.26. The summed E-state index contributed by atoms with van der Waals surface area (Å²) in [4.78, 5) is 12.7. The third kappa shape index (κ3) is 4.26. The van der Waals surface area contributed by atoms with E-state index in [0.717, 1.165) is 56.9 Å². The second-order valence-electron chi connectivity index (χ2n) is 17.4. The summed E-state index contributed by atoms with van der Waals surface area (Å²) in [6.07, 6.45) is 7.35. The van der Waals surface area contributed by atoms with Gasteiger partial charge in [0.2, 0.25) is 0 Å². The smallest absolute Gasteiger partial charge is 0.330 e. The van der Waals surface area contributed by atoms with Gasteiger partial charge in [0.25, 0.3) is 0 Å². The molecule has 1 heterocycles. The largest absolute Gasteiger partial charge is 0.459 e. The van der Waals surface area contributed by atoms with Gasteiger partial charge >= 0.3 is 5.97 Å². The molecule has 8 nitrogen and oxygen atoms in total. The van der Waals surface area contributed by atoms with Crippen molar-refractivity contribution in [2.45, 2.75) is 143 Å². The molecule has 6 fully saturated rings. The van der Waals surface area contributed by atoms with Gasteiger partial charge in [0.1, 0.15) is 17.8 Å². The number of esters is 1. The Morgan fingerprint density at radius 2 is 1.77 bits per heavy atom. The summed E-state index contributed by atoms with van der Waals surface area (Å²) in [5.41, 5.74) is -0.902. The first kappa shape index (κ1) is 32.9. The van der Waals surface area contributed by atoms with Crippen molar-refractivity contribution in [1.82, 2.24) is 0 Å². The number of methoxy groups -OCH3 is 1. The van der Waals surface area contributed by atoms with E-state index >= 15 is 0 Å². The quantitative estimate of drug-likeness (QED) is 0.238. The second-order valence-corrected chi connectivity index (χ2v) is 17.4. The number of ether oxygens (including phenoxy) is 3. The number of allylic oxidation sites excluding steroid dienone is 1. The van der Waals surface area contributed by atoms with Crippen LogP contribution in [0.3, 0.4) is 0 Å². The lowest BCUT2D eigenvalue weighted by atomic mass is 9.37. The number of hydrogen-bond donors (Lipinski definition) is 4. The lowest BCUT2D eigenvalue weighted by Crippen LogP contribution is -2.66. The van der Waals surface area contributed by atoms with Gasteiger partial charge in [0.15, 0.2) is 6.29 Å². The molecule has 4 N–H and O–H groups in total. The van der Waals surface area contributed by atoms with Gasteiger partial charge in [-0.05, 0) is 113 Å². The van der Waals surface area contributed by atoms with E-state index in [9.17, 15) is 25.2 Å². The van der Waals surface area contributed by atoms with Gasteiger partial charge in [-0.1, -0.05) is 33.3 Å². The van der Waals surface area contributed by atoms with Crippen LogP contribution in [0.2, 0.25) is 0 Å². The van der Waals surface area contributed by atoms with E-state index in [1.54, 1.807) is 13.2 Å². The fourth-order valence-corrected chi connectivity index (χ4v) is 12.9. The van der Waals surface area contributed by atoms with E-state index in [-0.39, 0.29) is 51.0 Å². The van der Waals surface area contributed by atoms with E-state index in [1.165, 1.54) is 6.92 Å². The van der Waals surface area contributed by atoms with E-state index in [0.29, 0.717) is 18.3 Å². The van der Waals surface area contributed by atoms with Crippen LogP contribution in [0, 0.1) is 50.7 Å². The van der Waals surface area contributed by atoms with Crippen molar-refractivity contribution < 1.29 is 39.4 Å². The predicted octanol–water partition coefficient (Wildman–Crippen LogP) is 4.76. The zero-order valence-electron chi connectivity index (χ0n) is 28.3. The standard InChI is InChI=1S/C36H58O8/c1-20(2)15-28(39)44-27-11-12-32(5)24-10-13-35-18-36(35,34(24,7)26(38)17-25(32)31(27,3)4)14-9-22(35)21-16-23(43-30(21)42-8)29(40)33(6,41)19-37/h15,21-27,29-30,37-38,40-41H,9-14,16-19H2,1-8H3/t21-,22-,23+,24+,25-,26+,27-,29-,30+,32+,33?,34-,35+,36+/m0/s1. The number of aliphatic hydroxyl groups excluding tert-OH is 3. The summed E-state index contributed by atoms with van der Waals surface area (Å²) in [6, 6.07) is 0. The molecule has 0 spiro atoms. The summed E-state index contributed by atoms with van der Waals surface area (Å²) < 4.78 is 18.2. The zero-order chi connectivity index (χ0) is 32.3. The molecule has 0 aromatic heterocycles. The third-order valence-electron chi connectivity index (χ3n) is 15.0. The molecule has 1 aliphatic heterocycles. The van der Waals surface area contributed by atoms with Crippen molar-refractivity contribution in [3.05, 3.63) is 11.6 Å². The maximum atomic E-state index is 12.7. The van der Waals surface area contributed by atoms with Crippen molar-refractivity contribution in [3.63, 3.8) is 0 Å². The Morgan fingerprint density at radius 1 is 1.07 bits per heavy atom. The van der Waals surface area contributed by atoms with Gasteiger partial charge < -0.3 is 34.6 Å². The summed E-state index contributed by atoms with van der Waals surface area (Å²) in [7, 11) is 1.66. The maximum Gasteiger partial charge on any atom is 0.330 e. The highest BCUT2D eigenvalue weighted by Crippen LogP contribution is 2.91. The van der Waals surface area contributed by atoms with Crippen LogP contribution in [0.4, 0.5) is 0 Å².